The van der Waals surface area contributed by atoms with E-state index in [9.17, 15) is 13.2 Å². The molecule has 0 bridgehead atoms. The van der Waals surface area contributed by atoms with Gasteiger partial charge >= 0.3 is 6.36 Å². The Balaban J connectivity index is 2.32. The Morgan fingerprint density at radius 2 is 1.71 bits per heavy atom. The summed E-state index contributed by atoms with van der Waals surface area (Å²) < 4.78 is 41.8. The SMILES string of the molecule is CC1(C)CCCC(N)(c2ccccc2OC(F)(F)F)CC1. The summed E-state index contributed by atoms with van der Waals surface area (Å²) in [5.74, 6) is -0.174. The van der Waals surface area contributed by atoms with Gasteiger partial charge in [-0.3, -0.25) is 0 Å². The van der Waals surface area contributed by atoms with Crippen LogP contribution in [-0.4, -0.2) is 6.36 Å². The molecule has 1 unspecified atom stereocenters. The maximum absolute atomic E-state index is 12.6. The van der Waals surface area contributed by atoms with E-state index in [1.54, 1.807) is 12.1 Å². The molecule has 0 aromatic heterocycles. The van der Waals surface area contributed by atoms with Crippen LogP contribution in [0.4, 0.5) is 13.2 Å². The fourth-order valence-electron chi connectivity index (χ4n) is 3.05. The molecule has 1 saturated carbocycles. The molecule has 1 aliphatic carbocycles. The van der Waals surface area contributed by atoms with Crippen molar-refractivity contribution in [2.45, 2.75) is 57.9 Å². The monoisotopic (exact) mass is 301 g/mol. The first-order chi connectivity index (χ1) is 9.61. The molecule has 0 saturated heterocycles. The molecule has 0 heterocycles. The second-order valence-electron chi connectivity index (χ2n) is 6.72. The quantitative estimate of drug-likeness (QED) is 0.801. The molecule has 1 fully saturated rings. The molecule has 118 valence electrons. The van der Waals surface area contributed by atoms with Crippen molar-refractivity contribution in [3.63, 3.8) is 0 Å². The minimum absolute atomic E-state index is 0.174. The van der Waals surface area contributed by atoms with Gasteiger partial charge in [0.2, 0.25) is 0 Å². The van der Waals surface area contributed by atoms with E-state index >= 15 is 0 Å². The maximum atomic E-state index is 12.6. The molecule has 2 N–H and O–H groups in total. The summed E-state index contributed by atoms with van der Waals surface area (Å²) in [6, 6.07) is 6.24. The highest BCUT2D eigenvalue weighted by Crippen LogP contribution is 2.44. The number of hydrogen-bond donors (Lipinski definition) is 1. The Hall–Kier alpha value is -1.23. The van der Waals surface area contributed by atoms with Gasteiger partial charge in [-0.1, -0.05) is 38.5 Å². The van der Waals surface area contributed by atoms with E-state index in [1.807, 2.05) is 0 Å². The molecule has 1 aliphatic rings. The zero-order valence-corrected chi connectivity index (χ0v) is 12.5. The first-order valence-corrected chi connectivity index (χ1v) is 7.26. The highest BCUT2D eigenvalue weighted by molar-refractivity contribution is 5.39. The third kappa shape index (κ3) is 4.13. The summed E-state index contributed by atoms with van der Waals surface area (Å²) in [7, 11) is 0. The van der Waals surface area contributed by atoms with Crippen molar-refractivity contribution in [2.24, 2.45) is 11.1 Å². The number of alkyl halides is 3. The number of rotatable bonds is 2. The standard InChI is InChI=1S/C16H22F3NO/c1-14(2)8-5-9-15(20,11-10-14)12-6-3-4-7-13(12)21-16(17,18)19/h3-4,6-7H,5,8-11,20H2,1-2H3. The first kappa shape index (κ1) is 16.1. The van der Waals surface area contributed by atoms with Crippen molar-refractivity contribution in [3.8, 4) is 5.75 Å². The predicted molar refractivity (Wildman–Crippen MR) is 75.9 cm³/mol. The van der Waals surface area contributed by atoms with E-state index in [4.69, 9.17) is 5.73 Å². The normalized spacial score (nSPS) is 26.2. The number of para-hydroxylation sites is 1. The lowest BCUT2D eigenvalue weighted by Crippen LogP contribution is -2.37. The molecular weight excluding hydrogens is 279 g/mol. The van der Waals surface area contributed by atoms with E-state index in [1.165, 1.54) is 12.1 Å². The molecule has 0 radical (unpaired) electrons. The van der Waals surface area contributed by atoms with Crippen molar-refractivity contribution >= 4 is 0 Å². The fraction of sp³-hybridized carbons (Fsp3) is 0.625. The summed E-state index contributed by atoms with van der Waals surface area (Å²) in [4.78, 5) is 0. The minimum atomic E-state index is -4.70. The number of ether oxygens (including phenoxy) is 1. The summed E-state index contributed by atoms with van der Waals surface area (Å²) in [6.07, 6.45) is -0.523. The number of hydrogen-bond acceptors (Lipinski definition) is 2. The largest absolute Gasteiger partial charge is 0.573 e. The minimum Gasteiger partial charge on any atom is -0.405 e. The van der Waals surface area contributed by atoms with E-state index < -0.39 is 11.9 Å². The Morgan fingerprint density at radius 3 is 2.38 bits per heavy atom. The lowest BCUT2D eigenvalue weighted by atomic mass is 9.81. The zero-order chi connectivity index (χ0) is 15.7. The Kier molecular flexibility index (Phi) is 4.24. The lowest BCUT2D eigenvalue weighted by molar-refractivity contribution is -0.275. The van der Waals surface area contributed by atoms with Crippen LogP contribution in [-0.2, 0) is 5.54 Å². The first-order valence-electron chi connectivity index (χ1n) is 7.26. The number of nitrogens with two attached hydrogens (primary N) is 1. The van der Waals surface area contributed by atoms with Crippen LogP contribution in [0.3, 0.4) is 0 Å². The number of halogens is 3. The van der Waals surface area contributed by atoms with Crippen LogP contribution in [0.5, 0.6) is 5.75 Å². The molecule has 1 aromatic carbocycles. The van der Waals surface area contributed by atoms with Gasteiger partial charge < -0.3 is 10.5 Å². The molecule has 0 aliphatic heterocycles. The Labute approximate surface area is 123 Å². The summed E-state index contributed by atoms with van der Waals surface area (Å²) >= 11 is 0. The van der Waals surface area contributed by atoms with Gasteiger partial charge in [0.05, 0.1) is 0 Å². The highest BCUT2D eigenvalue weighted by atomic mass is 19.4. The van der Waals surface area contributed by atoms with Crippen LogP contribution >= 0.6 is 0 Å². The van der Waals surface area contributed by atoms with Gasteiger partial charge in [0, 0.05) is 11.1 Å². The van der Waals surface area contributed by atoms with Crippen molar-refractivity contribution in [3.05, 3.63) is 29.8 Å². The van der Waals surface area contributed by atoms with Crippen LogP contribution in [0.1, 0.15) is 51.5 Å². The predicted octanol–water partition coefficient (Wildman–Crippen LogP) is 4.73. The zero-order valence-electron chi connectivity index (χ0n) is 12.5. The summed E-state index contributed by atoms with van der Waals surface area (Å²) in [5, 5.41) is 0. The van der Waals surface area contributed by atoms with Crippen LogP contribution in [0.25, 0.3) is 0 Å². The van der Waals surface area contributed by atoms with Crippen molar-refractivity contribution in [1.29, 1.82) is 0 Å². The Bertz CT molecular complexity index is 499. The molecule has 0 spiro atoms. The lowest BCUT2D eigenvalue weighted by Gasteiger charge is -2.31. The van der Waals surface area contributed by atoms with Crippen LogP contribution in [0.2, 0.25) is 0 Å². The average molecular weight is 301 g/mol. The molecule has 0 amide bonds. The molecule has 5 heteroatoms. The molecular formula is C16H22F3NO. The third-order valence-corrected chi connectivity index (χ3v) is 4.37. The van der Waals surface area contributed by atoms with Gasteiger partial charge in [0.25, 0.3) is 0 Å². The molecule has 2 rings (SSSR count). The van der Waals surface area contributed by atoms with Gasteiger partial charge in [-0.25, -0.2) is 0 Å². The smallest absolute Gasteiger partial charge is 0.405 e. The van der Waals surface area contributed by atoms with Gasteiger partial charge in [0.15, 0.2) is 0 Å². The van der Waals surface area contributed by atoms with Crippen LogP contribution in [0.15, 0.2) is 24.3 Å². The maximum Gasteiger partial charge on any atom is 0.573 e. The van der Waals surface area contributed by atoms with Crippen LogP contribution in [0, 0.1) is 5.41 Å². The summed E-state index contributed by atoms with van der Waals surface area (Å²) in [6.45, 7) is 4.35. The van der Waals surface area contributed by atoms with Crippen molar-refractivity contribution in [1.82, 2.24) is 0 Å². The molecule has 2 nitrogen and oxygen atoms in total. The van der Waals surface area contributed by atoms with Gasteiger partial charge in [-0.2, -0.15) is 0 Å². The summed E-state index contributed by atoms with van der Waals surface area (Å²) in [5.41, 5.74) is 6.36. The van der Waals surface area contributed by atoms with Crippen molar-refractivity contribution < 1.29 is 17.9 Å². The number of benzene rings is 1. The second-order valence-corrected chi connectivity index (χ2v) is 6.72. The van der Waals surface area contributed by atoms with E-state index in [0.29, 0.717) is 18.4 Å². The van der Waals surface area contributed by atoms with E-state index in [2.05, 4.69) is 18.6 Å². The van der Waals surface area contributed by atoms with E-state index in [-0.39, 0.29) is 11.2 Å². The van der Waals surface area contributed by atoms with Gasteiger partial charge in [-0.05, 0) is 37.2 Å². The average Bonchev–Trinajstić information content (AvgIpc) is 2.48. The molecule has 21 heavy (non-hydrogen) atoms. The highest BCUT2D eigenvalue weighted by Gasteiger charge is 2.38. The fourth-order valence-corrected chi connectivity index (χ4v) is 3.05. The van der Waals surface area contributed by atoms with Gasteiger partial charge in [0.1, 0.15) is 5.75 Å². The molecule has 1 atom stereocenters. The van der Waals surface area contributed by atoms with Gasteiger partial charge in [-0.15, -0.1) is 13.2 Å². The van der Waals surface area contributed by atoms with E-state index in [0.717, 1.165) is 19.3 Å². The Morgan fingerprint density at radius 1 is 1.05 bits per heavy atom. The van der Waals surface area contributed by atoms with Crippen molar-refractivity contribution in [2.75, 3.05) is 0 Å². The molecule has 1 aromatic rings. The third-order valence-electron chi connectivity index (χ3n) is 4.37. The van der Waals surface area contributed by atoms with Crippen LogP contribution < -0.4 is 10.5 Å². The topological polar surface area (TPSA) is 35.2 Å². The second kappa shape index (κ2) is 5.52.